The smallest absolute Gasteiger partial charge is 0.281 e. The predicted molar refractivity (Wildman–Crippen MR) is 116 cm³/mol. The summed E-state index contributed by atoms with van der Waals surface area (Å²) >= 11 is 6.25. The van der Waals surface area contributed by atoms with Gasteiger partial charge in [0.15, 0.2) is 17.1 Å². The van der Waals surface area contributed by atoms with Gasteiger partial charge in [0.05, 0.1) is 25.5 Å². The van der Waals surface area contributed by atoms with Crippen LogP contribution in [0.15, 0.2) is 77.9 Å². The first-order valence-electron chi connectivity index (χ1n) is 9.09. The molecule has 2 N–H and O–H groups in total. The fraction of sp³-hybridized carbons (Fsp3) is 0.130. The molecule has 0 unspecified atom stereocenters. The average Bonchev–Trinajstić information content (AvgIpc) is 2.80. The van der Waals surface area contributed by atoms with Gasteiger partial charge in [0.1, 0.15) is 0 Å². The van der Waals surface area contributed by atoms with Gasteiger partial charge in [-0.3, -0.25) is 4.79 Å². The zero-order chi connectivity index (χ0) is 21.6. The van der Waals surface area contributed by atoms with E-state index in [-0.39, 0.29) is 0 Å². The maximum absolute atomic E-state index is 13.0. The van der Waals surface area contributed by atoms with Gasteiger partial charge in [-0.25, -0.2) is 5.43 Å². The van der Waals surface area contributed by atoms with Gasteiger partial charge >= 0.3 is 0 Å². The van der Waals surface area contributed by atoms with E-state index >= 15 is 0 Å². The lowest BCUT2D eigenvalue weighted by molar-refractivity contribution is -0.136. The molecule has 3 aromatic carbocycles. The van der Waals surface area contributed by atoms with Gasteiger partial charge in [-0.05, 0) is 17.2 Å². The summed E-state index contributed by atoms with van der Waals surface area (Å²) in [5.41, 5.74) is 1.86. The molecule has 0 aliphatic carbocycles. The highest BCUT2D eigenvalue weighted by molar-refractivity contribution is 6.33. The summed E-state index contributed by atoms with van der Waals surface area (Å²) in [5.74, 6) is 0.249. The van der Waals surface area contributed by atoms with Gasteiger partial charge in [0.2, 0.25) is 0 Å². The molecule has 0 heterocycles. The Kier molecular flexibility index (Phi) is 6.72. The first-order valence-corrected chi connectivity index (χ1v) is 9.47. The first kappa shape index (κ1) is 21.4. The van der Waals surface area contributed by atoms with E-state index in [9.17, 15) is 9.90 Å². The molecule has 3 rings (SSSR count). The van der Waals surface area contributed by atoms with Crippen molar-refractivity contribution in [3.8, 4) is 11.5 Å². The Morgan fingerprint density at radius 3 is 1.97 bits per heavy atom. The van der Waals surface area contributed by atoms with E-state index < -0.39 is 11.5 Å². The number of benzene rings is 3. The lowest BCUT2D eigenvalue weighted by Crippen LogP contribution is -2.43. The van der Waals surface area contributed by atoms with E-state index in [4.69, 9.17) is 21.1 Å². The van der Waals surface area contributed by atoms with Crippen molar-refractivity contribution in [1.82, 2.24) is 5.43 Å². The third-order valence-electron chi connectivity index (χ3n) is 4.58. The highest BCUT2D eigenvalue weighted by Gasteiger charge is 2.39. The highest BCUT2D eigenvalue weighted by atomic mass is 35.5. The molecule has 0 aliphatic heterocycles. The number of amides is 1. The summed E-state index contributed by atoms with van der Waals surface area (Å²) in [6.07, 6.45) is 1.37. The topological polar surface area (TPSA) is 80.2 Å². The van der Waals surface area contributed by atoms with Crippen molar-refractivity contribution in [3.63, 3.8) is 0 Å². The maximum Gasteiger partial charge on any atom is 0.281 e. The van der Waals surface area contributed by atoms with Crippen molar-refractivity contribution < 1.29 is 19.4 Å². The van der Waals surface area contributed by atoms with Gasteiger partial charge in [-0.15, -0.1) is 0 Å². The number of hydrogen-bond acceptors (Lipinski definition) is 5. The number of nitrogens with zero attached hydrogens (tertiary/aromatic N) is 1. The quantitative estimate of drug-likeness (QED) is 0.447. The molecule has 7 heteroatoms. The summed E-state index contributed by atoms with van der Waals surface area (Å²) in [6, 6.07) is 20.6. The average molecular weight is 425 g/mol. The van der Waals surface area contributed by atoms with Crippen LogP contribution in [0.3, 0.4) is 0 Å². The third-order valence-corrected chi connectivity index (χ3v) is 4.91. The van der Waals surface area contributed by atoms with Crippen LogP contribution in [0.2, 0.25) is 5.02 Å². The predicted octanol–water partition coefficient (Wildman–Crippen LogP) is 3.74. The minimum atomic E-state index is -1.92. The van der Waals surface area contributed by atoms with Crippen LogP contribution in [0.25, 0.3) is 0 Å². The monoisotopic (exact) mass is 424 g/mol. The van der Waals surface area contributed by atoms with Crippen LogP contribution in [-0.4, -0.2) is 31.4 Å². The molecule has 3 aromatic rings. The molecule has 0 spiro atoms. The van der Waals surface area contributed by atoms with Crippen molar-refractivity contribution >= 4 is 23.7 Å². The van der Waals surface area contributed by atoms with Gasteiger partial charge in [-0.2, -0.15) is 5.10 Å². The van der Waals surface area contributed by atoms with Crippen LogP contribution in [0, 0.1) is 0 Å². The highest BCUT2D eigenvalue weighted by Crippen LogP contribution is 2.32. The minimum absolute atomic E-state index is 0.368. The van der Waals surface area contributed by atoms with Crippen molar-refractivity contribution in [1.29, 1.82) is 0 Å². The normalized spacial score (nSPS) is 11.3. The lowest BCUT2D eigenvalue weighted by Gasteiger charge is -2.27. The molecule has 30 heavy (non-hydrogen) atoms. The number of hydrogen-bond donors (Lipinski definition) is 2. The van der Waals surface area contributed by atoms with Gasteiger partial charge in [-0.1, -0.05) is 72.3 Å². The van der Waals surface area contributed by atoms with Crippen LogP contribution in [-0.2, 0) is 10.4 Å². The van der Waals surface area contributed by atoms with Crippen LogP contribution in [0.5, 0.6) is 11.5 Å². The largest absolute Gasteiger partial charge is 0.493 e. The molecule has 0 bridgehead atoms. The third kappa shape index (κ3) is 4.30. The Morgan fingerprint density at radius 2 is 1.47 bits per heavy atom. The van der Waals surface area contributed by atoms with Crippen molar-refractivity contribution in [3.05, 3.63) is 94.5 Å². The van der Waals surface area contributed by atoms with Crippen LogP contribution in [0.1, 0.15) is 16.7 Å². The Hall–Kier alpha value is -3.35. The Morgan fingerprint density at radius 1 is 0.967 bits per heavy atom. The van der Waals surface area contributed by atoms with E-state index in [1.54, 1.807) is 60.7 Å². The lowest BCUT2D eigenvalue weighted by atomic mass is 9.85. The van der Waals surface area contributed by atoms with E-state index in [0.717, 1.165) is 0 Å². The SMILES string of the molecule is COc1cc(Cl)c(/C=N/NC(=O)C(O)(c2ccccc2)c2ccccc2)cc1OC. The Labute approximate surface area is 179 Å². The van der Waals surface area contributed by atoms with Crippen LogP contribution in [0.4, 0.5) is 0 Å². The number of halogens is 1. The summed E-state index contributed by atoms with van der Waals surface area (Å²) in [6.45, 7) is 0. The summed E-state index contributed by atoms with van der Waals surface area (Å²) < 4.78 is 10.5. The van der Waals surface area contributed by atoms with Gasteiger partial charge in [0, 0.05) is 11.6 Å². The second-order valence-electron chi connectivity index (χ2n) is 6.37. The summed E-state index contributed by atoms with van der Waals surface area (Å²) in [4.78, 5) is 13.0. The van der Waals surface area contributed by atoms with Crippen molar-refractivity contribution in [2.45, 2.75) is 5.60 Å². The molecule has 0 radical (unpaired) electrons. The van der Waals surface area contributed by atoms with Crippen molar-refractivity contribution in [2.75, 3.05) is 14.2 Å². The number of methoxy groups -OCH3 is 2. The van der Waals surface area contributed by atoms with Crippen LogP contribution >= 0.6 is 11.6 Å². The number of carbonyl (C=O) groups excluding carboxylic acids is 1. The Bertz CT molecular complexity index is 1000. The van der Waals surface area contributed by atoms with E-state index in [0.29, 0.717) is 33.2 Å². The summed E-state index contributed by atoms with van der Waals surface area (Å²) in [7, 11) is 3.02. The molecular formula is C23H21ClN2O4. The fourth-order valence-electron chi connectivity index (χ4n) is 3.00. The number of aliphatic hydroxyl groups is 1. The number of rotatable bonds is 7. The molecule has 0 aliphatic rings. The first-order chi connectivity index (χ1) is 14.5. The zero-order valence-electron chi connectivity index (χ0n) is 16.5. The molecule has 0 saturated carbocycles. The Balaban J connectivity index is 1.89. The maximum atomic E-state index is 13.0. The molecule has 6 nitrogen and oxygen atoms in total. The molecule has 0 fully saturated rings. The number of nitrogens with one attached hydrogen (secondary N) is 1. The molecule has 0 atom stereocenters. The van der Waals surface area contributed by atoms with E-state index in [2.05, 4.69) is 10.5 Å². The molecule has 0 saturated heterocycles. The molecule has 154 valence electrons. The molecular weight excluding hydrogens is 404 g/mol. The number of ether oxygens (including phenoxy) is 2. The van der Waals surface area contributed by atoms with Gasteiger partial charge < -0.3 is 14.6 Å². The number of hydrazone groups is 1. The van der Waals surface area contributed by atoms with E-state index in [1.165, 1.54) is 20.4 Å². The second kappa shape index (κ2) is 9.43. The molecule has 1 amide bonds. The number of carbonyl (C=O) groups is 1. The zero-order valence-corrected chi connectivity index (χ0v) is 17.3. The minimum Gasteiger partial charge on any atom is -0.493 e. The fourth-order valence-corrected chi connectivity index (χ4v) is 3.20. The van der Waals surface area contributed by atoms with Gasteiger partial charge in [0.25, 0.3) is 5.91 Å². The van der Waals surface area contributed by atoms with Crippen molar-refractivity contribution in [2.24, 2.45) is 5.10 Å². The molecule has 0 aromatic heterocycles. The van der Waals surface area contributed by atoms with E-state index in [1.807, 2.05) is 12.1 Å². The van der Waals surface area contributed by atoms with Crippen LogP contribution < -0.4 is 14.9 Å². The summed E-state index contributed by atoms with van der Waals surface area (Å²) in [5, 5.41) is 15.7. The standard InChI is InChI=1S/C23H21ClN2O4/c1-29-20-13-16(19(24)14-21(20)30-2)15-25-26-22(27)23(28,17-9-5-3-6-10-17)18-11-7-4-8-12-18/h3-15,28H,1-2H3,(H,26,27)/b25-15+. The second-order valence-corrected chi connectivity index (χ2v) is 6.78.